The summed E-state index contributed by atoms with van der Waals surface area (Å²) in [4.78, 5) is 12.8. The maximum absolute atomic E-state index is 13.8. The summed E-state index contributed by atoms with van der Waals surface area (Å²) in [5, 5.41) is 32.3. The lowest BCUT2D eigenvalue weighted by atomic mass is 10.1. The molecule has 0 saturated heterocycles. The summed E-state index contributed by atoms with van der Waals surface area (Å²) >= 11 is 0. The molecule has 3 aromatic carbocycles. The molecule has 0 aliphatic heterocycles. The first-order valence-electron chi connectivity index (χ1n) is 10.4. The standard InChI is InChI=1S/C25H19NO8S/c1-33-25(30)22-16-12-18(27)19(28)13-17(16)26(35(31,32)15-8-3-2-4-9-15)23(22)24(29)21-11-14-7-5-6-10-20(14)34-21/h2-13,24,27-29H,1H3. The Morgan fingerprint density at radius 1 is 0.971 bits per heavy atom. The summed E-state index contributed by atoms with van der Waals surface area (Å²) in [6.45, 7) is 0. The van der Waals surface area contributed by atoms with Crippen molar-refractivity contribution in [1.29, 1.82) is 0 Å². The molecule has 1 atom stereocenters. The lowest BCUT2D eigenvalue weighted by Gasteiger charge is -2.16. The van der Waals surface area contributed by atoms with Crippen LogP contribution in [0, 0.1) is 0 Å². The monoisotopic (exact) mass is 493 g/mol. The highest BCUT2D eigenvalue weighted by Gasteiger charge is 2.36. The minimum absolute atomic E-state index is 0.0166. The molecule has 5 rings (SSSR count). The van der Waals surface area contributed by atoms with Gasteiger partial charge in [0.25, 0.3) is 10.0 Å². The Morgan fingerprint density at radius 2 is 1.63 bits per heavy atom. The average molecular weight is 493 g/mol. The molecule has 5 aromatic rings. The highest BCUT2D eigenvalue weighted by molar-refractivity contribution is 7.90. The fourth-order valence-electron chi connectivity index (χ4n) is 4.10. The van der Waals surface area contributed by atoms with E-state index in [9.17, 15) is 28.5 Å². The number of furan rings is 1. The Bertz CT molecular complexity index is 1670. The molecule has 0 aliphatic carbocycles. The molecule has 0 spiro atoms. The van der Waals surface area contributed by atoms with Crippen molar-refractivity contribution in [3.63, 3.8) is 0 Å². The number of fused-ring (bicyclic) bond motifs is 2. The molecular formula is C25H19NO8S. The van der Waals surface area contributed by atoms with Gasteiger partial charge in [-0.3, -0.25) is 0 Å². The van der Waals surface area contributed by atoms with Crippen LogP contribution < -0.4 is 0 Å². The number of carbonyl (C=O) groups excluding carboxylic acids is 1. The Labute approximate surface area is 199 Å². The smallest absolute Gasteiger partial charge is 0.340 e. The Kier molecular flexibility index (Phi) is 5.27. The molecule has 10 heteroatoms. The van der Waals surface area contributed by atoms with Crippen molar-refractivity contribution in [3.05, 3.63) is 89.8 Å². The van der Waals surface area contributed by atoms with Crippen molar-refractivity contribution in [2.45, 2.75) is 11.0 Å². The molecule has 2 heterocycles. The van der Waals surface area contributed by atoms with E-state index in [-0.39, 0.29) is 32.8 Å². The van der Waals surface area contributed by atoms with Crippen molar-refractivity contribution in [2.75, 3.05) is 7.11 Å². The minimum atomic E-state index is -4.42. The molecule has 0 bridgehead atoms. The summed E-state index contributed by atoms with van der Waals surface area (Å²) in [5.74, 6) is -2.16. The van der Waals surface area contributed by atoms with Crippen molar-refractivity contribution < 1.29 is 37.7 Å². The summed E-state index contributed by atoms with van der Waals surface area (Å²) in [7, 11) is -3.31. The van der Waals surface area contributed by atoms with E-state index < -0.39 is 33.6 Å². The van der Waals surface area contributed by atoms with Crippen LogP contribution in [0.4, 0.5) is 0 Å². The first-order chi connectivity index (χ1) is 16.7. The summed E-state index contributed by atoms with van der Waals surface area (Å²) in [6, 6.07) is 17.9. The second-order valence-corrected chi connectivity index (χ2v) is 9.57. The molecule has 0 aliphatic rings. The topological polar surface area (TPSA) is 139 Å². The molecule has 0 radical (unpaired) electrons. The van der Waals surface area contributed by atoms with E-state index in [1.165, 1.54) is 30.3 Å². The third kappa shape index (κ3) is 3.50. The lowest BCUT2D eigenvalue weighted by Crippen LogP contribution is -2.20. The van der Waals surface area contributed by atoms with Gasteiger partial charge in [-0.2, -0.15) is 0 Å². The number of aromatic nitrogens is 1. The average Bonchev–Trinajstić information content (AvgIpc) is 3.43. The predicted octanol–water partition coefficient (Wildman–Crippen LogP) is 3.90. The first kappa shape index (κ1) is 22.5. The zero-order valence-electron chi connectivity index (χ0n) is 18.2. The molecule has 2 aromatic heterocycles. The molecule has 0 saturated carbocycles. The number of esters is 1. The lowest BCUT2D eigenvalue weighted by molar-refractivity contribution is 0.0596. The number of benzene rings is 3. The van der Waals surface area contributed by atoms with Crippen molar-refractivity contribution in [2.24, 2.45) is 0 Å². The summed E-state index contributed by atoms with van der Waals surface area (Å²) < 4.78 is 39.1. The van der Waals surface area contributed by atoms with E-state index in [1.807, 2.05) is 0 Å². The van der Waals surface area contributed by atoms with Crippen LogP contribution in [0.2, 0.25) is 0 Å². The zero-order valence-corrected chi connectivity index (χ0v) is 19.1. The number of phenolic OH excluding ortho intramolecular Hbond substituents is 2. The van der Waals surface area contributed by atoms with Crippen molar-refractivity contribution in [1.82, 2.24) is 3.97 Å². The molecule has 3 N–H and O–H groups in total. The highest BCUT2D eigenvalue weighted by atomic mass is 32.2. The number of phenols is 2. The largest absolute Gasteiger partial charge is 0.504 e. The molecule has 0 amide bonds. The van der Waals surface area contributed by atoms with Crippen LogP contribution in [0.25, 0.3) is 21.9 Å². The number of hydrogen-bond donors (Lipinski definition) is 3. The van der Waals surface area contributed by atoms with Crippen LogP contribution in [0.3, 0.4) is 0 Å². The maximum atomic E-state index is 13.8. The fraction of sp³-hybridized carbons (Fsp3) is 0.0800. The molecule has 9 nitrogen and oxygen atoms in total. The van der Waals surface area contributed by atoms with Gasteiger partial charge in [-0.05, 0) is 30.3 Å². The molecule has 35 heavy (non-hydrogen) atoms. The van der Waals surface area contributed by atoms with Gasteiger partial charge >= 0.3 is 5.97 Å². The Balaban J connectivity index is 1.91. The van der Waals surface area contributed by atoms with Crippen molar-refractivity contribution >= 4 is 37.9 Å². The number of aliphatic hydroxyl groups is 1. The van der Waals surface area contributed by atoms with Crippen LogP contribution in [0.5, 0.6) is 11.5 Å². The number of carbonyl (C=O) groups is 1. The number of rotatable bonds is 5. The van der Waals surface area contributed by atoms with Gasteiger partial charge in [0.1, 0.15) is 11.3 Å². The van der Waals surface area contributed by atoms with Gasteiger partial charge < -0.3 is 24.5 Å². The normalized spacial score (nSPS) is 12.7. The number of aromatic hydroxyl groups is 2. The number of methoxy groups -OCH3 is 1. The van der Waals surface area contributed by atoms with Crippen LogP contribution in [0.15, 0.2) is 82.1 Å². The van der Waals surface area contributed by atoms with Gasteiger partial charge in [0.05, 0.1) is 28.8 Å². The van der Waals surface area contributed by atoms with Gasteiger partial charge in [0.15, 0.2) is 17.6 Å². The van der Waals surface area contributed by atoms with Gasteiger partial charge in [0, 0.05) is 16.8 Å². The van der Waals surface area contributed by atoms with E-state index >= 15 is 0 Å². The number of aliphatic hydroxyl groups excluding tert-OH is 1. The van der Waals surface area contributed by atoms with Crippen LogP contribution in [0.1, 0.15) is 27.9 Å². The van der Waals surface area contributed by atoms with E-state index in [1.54, 1.807) is 30.3 Å². The van der Waals surface area contributed by atoms with Crippen LogP contribution in [-0.4, -0.2) is 40.8 Å². The fourth-order valence-corrected chi connectivity index (χ4v) is 5.67. The molecule has 178 valence electrons. The molecule has 0 fully saturated rings. The number of para-hydroxylation sites is 1. The summed E-state index contributed by atoms with van der Waals surface area (Å²) in [5.41, 5.74) is -0.357. The quantitative estimate of drug-likeness (QED) is 0.247. The third-order valence-corrected chi connectivity index (χ3v) is 7.44. The maximum Gasteiger partial charge on any atom is 0.340 e. The van der Waals surface area contributed by atoms with E-state index in [0.717, 1.165) is 23.2 Å². The van der Waals surface area contributed by atoms with Crippen LogP contribution in [-0.2, 0) is 14.8 Å². The van der Waals surface area contributed by atoms with E-state index in [0.29, 0.717) is 11.0 Å². The number of ether oxygens (including phenoxy) is 1. The molecular weight excluding hydrogens is 474 g/mol. The second-order valence-electron chi connectivity index (χ2n) is 7.78. The van der Waals surface area contributed by atoms with Crippen LogP contribution >= 0.6 is 0 Å². The van der Waals surface area contributed by atoms with Gasteiger partial charge in [-0.25, -0.2) is 17.2 Å². The minimum Gasteiger partial charge on any atom is -0.504 e. The Morgan fingerprint density at radius 3 is 2.31 bits per heavy atom. The van der Waals surface area contributed by atoms with Gasteiger partial charge in [-0.15, -0.1) is 0 Å². The van der Waals surface area contributed by atoms with E-state index in [4.69, 9.17) is 9.15 Å². The number of hydrogen-bond acceptors (Lipinski definition) is 8. The van der Waals surface area contributed by atoms with E-state index in [2.05, 4.69) is 0 Å². The first-order valence-corrected chi connectivity index (χ1v) is 11.8. The van der Waals surface area contributed by atoms with Gasteiger partial charge in [0.2, 0.25) is 0 Å². The van der Waals surface area contributed by atoms with Gasteiger partial charge in [-0.1, -0.05) is 36.4 Å². The second kappa shape index (κ2) is 8.19. The predicted molar refractivity (Wildman–Crippen MR) is 126 cm³/mol. The Hall–Kier alpha value is -4.28. The third-order valence-electron chi connectivity index (χ3n) is 5.70. The zero-order chi connectivity index (χ0) is 24.9. The summed E-state index contributed by atoms with van der Waals surface area (Å²) in [6.07, 6.45) is -1.73. The molecule has 1 unspecified atom stereocenters. The van der Waals surface area contributed by atoms with Crippen molar-refractivity contribution in [3.8, 4) is 11.5 Å². The SMILES string of the molecule is COC(=O)c1c(C(O)c2cc3ccccc3o2)n(S(=O)(=O)c2ccccc2)c2cc(O)c(O)cc12. The number of nitrogens with zero attached hydrogens (tertiary/aromatic N) is 1. The highest BCUT2D eigenvalue weighted by Crippen LogP contribution is 2.41.